The standard InChI is InChI=1S/C22H19N5O2/c1-16-13-18(11-12-21(16)27-15-23-25-26-27)24-22(28)20-10-6-5-7-17(20)14-29-19-8-3-2-4-9-19/h2-13,15H,14H2,1H3,(H,24,28). The summed E-state index contributed by atoms with van der Waals surface area (Å²) in [7, 11) is 0. The number of aromatic nitrogens is 4. The normalized spacial score (nSPS) is 10.5. The van der Waals surface area contributed by atoms with Gasteiger partial charge in [0.05, 0.1) is 5.69 Å². The molecule has 7 heteroatoms. The number of hydrogen-bond donors (Lipinski definition) is 1. The molecule has 0 atom stereocenters. The van der Waals surface area contributed by atoms with Crippen LogP contribution in [-0.4, -0.2) is 26.1 Å². The average Bonchev–Trinajstić information content (AvgIpc) is 3.28. The quantitative estimate of drug-likeness (QED) is 0.546. The smallest absolute Gasteiger partial charge is 0.256 e. The number of rotatable bonds is 6. The van der Waals surface area contributed by atoms with Gasteiger partial charge in [-0.1, -0.05) is 36.4 Å². The van der Waals surface area contributed by atoms with Crippen molar-refractivity contribution in [2.75, 3.05) is 5.32 Å². The number of amides is 1. The maximum atomic E-state index is 12.9. The number of hydrogen-bond acceptors (Lipinski definition) is 5. The van der Waals surface area contributed by atoms with Gasteiger partial charge in [-0.25, -0.2) is 4.68 Å². The summed E-state index contributed by atoms with van der Waals surface area (Å²) in [6, 6.07) is 22.5. The number of ether oxygens (including phenoxy) is 1. The predicted octanol–water partition coefficient (Wildman–Crippen LogP) is 3.80. The molecule has 4 aromatic rings. The largest absolute Gasteiger partial charge is 0.489 e. The molecule has 1 aromatic heterocycles. The van der Waals surface area contributed by atoms with Crippen molar-refractivity contribution in [1.29, 1.82) is 0 Å². The third kappa shape index (κ3) is 4.30. The average molecular weight is 385 g/mol. The Hall–Kier alpha value is -4.00. The Morgan fingerprint density at radius 3 is 2.59 bits per heavy atom. The number of benzene rings is 3. The molecule has 1 N–H and O–H groups in total. The maximum Gasteiger partial charge on any atom is 0.256 e. The van der Waals surface area contributed by atoms with E-state index in [0.717, 1.165) is 22.6 Å². The highest BCUT2D eigenvalue weighted by molar-refractivity contribution is 6.05. The van der Waals surface area contributed by atoms with Crippen molar-refractivity contribution in [3.63, 3.8) is 0 Å². The minimum absolute atomic E-state index is 0.188. The maximum absolute atomic E-state index is 12.9. The van der Waals surface area contributed by atoms with E-state index in [-0.39, 0.29) is 5.91 Å². The third-order valence-electron chi connectivity index (χ3n) is 4.45. The zero-order valence-corrected chi connectivity index (χ0v) is 15.8. The molecular formula is C22H19N5O2. The summed E-state index contributed by atoms with van der Waals surface area (Å²) in [6.07, 6.45) is 1.53. The highest BCUT2D eigenvalue weighted by atomic mass is 16.5. The fourth-order valence-electron chi connectivity index (χ4n) is 3.01. The molecule has 0 unspecified atom stereocenters. The summed E-state index contributed by atoms with van der Waals surface area (Å²) in [6.45, 7) is 2.25. The minimum Gasteiger partial charge on any atom is -0.489 e. The van der Waals surface area contributed by atoms with Crippen LogP contribution < -0.4 is 10.1 Å². The third-order valence-corrected chi connectivity index (χ3v) is 4.45. The zero-order chi connectivity index (χ0) is 20.1. The SMILES string of the molecule is Cc1cc(NC(=O)c2ccccc2COc2ccccc2)ccc1-n1cnnn1. The fourth-order valence-corrected chi connectivity index (χ4v) is 3.01. The molecule has 144 valence electrons. The van der Waals surface area contributed by atoms with Crippen LogP contribution in [0.25, 0.3) is 5.69 Å². The number of aryl methyl sites for hydroxylation is 1. The molecule has 7 nitrogen and oxygen atoms in total. The molecule has 0 aliphatic rings. The van der Waals surface area contributed by atoms with Crippen molar-refractivity contribution >= 4 is 11.6 Å². The van der Waals surface area contributed by atoms with Crippen molar-refractivity contribution < 1.29 is 9.53 Å². The topological polar surface area (TPSA) is 81.9 Å². The number of para-hydroxylation sites is 1. The summed E-state index contributed by atoms with van der Waals surface area (Å²) in [5, 5.41) is 14.2. The molecule has 0 bridgehead atoms. The van der Waals surface area contributed by atoms with Crippen LogP contribution in [-0.2, 0) is 6.61 Å². The van der Waals surface area contributed by atoms with Crippen LogP contribution in [0.2, 0.25) is 0 Å². The lowest BCUT2D eigenvalue weighted by Gasteiger charge is -2.13. The van der Waals surface area contributed by atoms with Gasteiger partial charge in [0.1, 0.15) is 18.7 Å². The number of tetrazole rings is 1. The molecule has 0 aliphatic carbocycles. The van der Waals surface area contributed by atoms with Crippen LogP contribution in [0.15, 0.2) is 79.1 Å². The minimum atomic E-state index is -0.188. The summed E-state index contributed by atoms with van der Waals surface area (Å²) < 4.78 is 7.39. The summed E-state index contributed by atoms with van der Waals surface area (Å²) in [5.74, 6) is 0.573. The molecule has 4 rings (SSSR count). The number of anilines is 1. The fraction of sp³-hybridized carbons (Fsp3) is 0.0909. The zero-order valence-electron chi connectivity index (χ0n) is 15.8. The number of carbonyl (C=O) groups excluding carboxylic acids is 1. The van der Waals surface area contributed by atoms with E-state index in [1.807, 2.05) is 73.7 Å². The van der Waals surface area contributed by atoms with E-state index < -0.39 is 0 Å². The van der Waals surface area contributed by atoms with E-state index in [0.29, 0.717) is 17.9 Å². The van der Waals surface area contributed by atoms with Crippen molar-refractivity contribution in [2.45, 2.75) is 13.5 Å². The van der Waals surface area contributed by atoms with E-state index in [9.17, 15) is 4.79 Å². The first-order valence-electron chi connectivity index (χ1n) is 9.12. The number of nitrogens with zero attached hydrogens (tertiary/aromatic N) is 4. The molecule has 1 heterocycles. The van der Waals surface area contributed by atoms with Gasteiger partial charge in [0, 0.05) is 16.8 Å². The van der Waals surface area contributed by atoms with Gasteiger partial charge in [0.15, 0.2) is 0 Å². The monoisotopic (exact) mass is 385 g/mol. The lowest BCUT2D eigenvalue weighted by Crippen LogP contribution is -2.15. The number of nitrogens with one attached hydrogen (secondary N) is 1. The van der Waals surface area contributed by atoms with Crippen LogP contribution in [0, 0.1) is 6.92 Å². The Morgan fingerprint density at radius 1 is 1.03 bits per heavy atom. The highest BCUT2D eigenvalue weighted by Gasteiger charge is 2.13. The summed E-state index contributed by atoms with van der Waals surface area (Å²) in [4.78, 5) is 12.9. The van der Waals surface area contributed by atoms with E-state index in [1.165, 1.54) is 6.33 Å². The predicted molar refractivity (Wildman–Crippen MR) is 109 cm³/mol. The highest BCUT2D eigenvalue weighted by Crippen LogP contribution is 2.20. The molecule has 0 aliphatic heterocycles. The Bertz CT molecular complexity index is 1110. The van der Waals surface area contributed by atoms with Gasteiger partial charge in [-0.15, -0.1) is 5.10 Å². The Labute approximate surface area is 168 Å². The molecule has 3 aromatic carbocycles. The number of carbonyl (C=O) groups is 1. The molecule has 0 spiro atoms. The van der Waals surface area contributed by atoms with Crippen LogP contribution in [0.4, 0.5) is 5.69 Å². The van der Waals surface area contributed by atoms with Crippen LogP contribution >= 0.6 is 0 Å². The second kappa shape index (κ2) is 8.35. The lowest BCUT2D eigenvalue weighted by molar-refractivity contribution is 0.102. The first kappa shape index (κ1) is 18.4. The second-order valence-electron chi connectivity index (χ2n) is 6.47. The first-order chi connectivity index (χ1) is 14.2. The summed E-state index contributed by atoms with van der Waals surface area (Å²) in [5.41, 5.74) is 3.88. The second-order valence-corrected chi connectivity index (χ2v) is 6.47. The van der Waals surface area contributed by atoms with Gasteiger partial charge >= 0.3 is 0 Å². The van der Waals surface area contributed by atoms with Crippen molar-refractivity contribution in [2.24, 2.45) is 0 Å². The molecule has 0 fully saturated rings. The van der Waals surface area contributed by atoms with Gasteiger partial charge in [-0.3, -0.25) is 4.79 Å². The van der Waals surface area contributed by atoms with Crippen molar-refractivity contribution in [1.82, 2.24) is 20.2 Å². The van der Waals surface area contributed by atoms with Gasteiger partial charge in [-0.05, 0) is 59.3 Å². The summed E-state index contributed by atoms with van der Waals surface area (Å²) >= 11 is 0. The van der Waals surface area contributed by atoms with Crippen LogP contribution in [0.3, 0.4) is 0 Å². The Balaban J connectivity index is 1.49. The van der Waals surface area contributed by atoms with Crippen molar-refractivity contribution in [3.05, 3.63) is 95.8 Å². The Morgan fingerprint density at radius 2 is 1.83 bits per heavy atom. The van der Waals surface area contributed by atoms with Crippen LogP contribution in [0.1, 0.15) is 21.5 Å². The first-order valence-corrected chi connectivity index (χ1v) is 9.12. The molecular weight excluding hydrogens is 366 g/mol. The Kier molecular flexibility index (Phi) is 5.29. The van der Waals surface area contributed by atoms with E-state index in [2.05, 4.69) is 20.8 Å². The van der Waals surface area contributed by atoms with Gasteiger partial charge in [-0.2, -0.15) is 0 Å². The molecule has 0 saturated carbocycles. The van der Waals surface area contributed by atoms with Gasteiger partial charge in [0.2, 0.25) is 0 Å². The molecule has 1 amide bonds. The van der Waals surface area contributed by atoms with E-state index in [4.69, 9.17) is 4.74 Å². The molecule has 0 radical (unpaired) electrons. The van der Waals surface area contributed by atoms with Crippen molar-refractivity contribution in [3.8, 4) is 11.4 Å². The molecule has 0 saturated heterocycles. The van der Waals surface area contributed by atoms with Crippen LogP contribution in [0.5, 0.6) is 5.75 Å². The van der Waals surface area contributed by atoms with E-state index in [1.54, 1.807) is 10.7 Å². The lowest BCUT2D eigenvalue weighted by atomic mass is 10.1. The van der Waals surface area contributed by atoms with E-state index >= 15 is 0 Å². The van der Waals surface area contributed by atoms with Gasteiger partial charge in [0.25, 0.3) is 5.91 Å². The van der Waals surface area contributed by atoms with Gasteiger partial charge < -0.3 is 10.1 Å². The molecule has 29 heavy (non-hydrogen) atoms.